The van der Waals surface area contributed by atoms with Gasteiger partial charge < -0.3 is 15.4 Å². The van der Waals surface area contributed by atoms with E-state index in [4.69, 9.17) is 17.0 Å². The van der Waals surface area contributed by atoms with Gasteiger partial charge in [0.05, 0.1) is 29.8 Å². The molecule has 0 aliphatic carbocycles. The van der Waals surface area contributed by atoms with E-state index in [1.165, 1.54) is 30.4 Å². The Morgan fingerprint density at radius 2 is 1.96 bits per heavy atom. The van der Waals surface area contributed by atoms with E-state index in [1.807, 2.05) is 6.92 Å². The summed E-state index contributed by atoms with van der Waals surface area (Å²) < 4.78 is 5.20. The minimum absolute atomic E-state index is 0.0182. The lowest BCUT2D eigenvalue weighted by Gasteiger charge is -2.20. The fourth-order valence-corrected chi connectivity index (χ4v) is 2.93. The molecule has 0 aromatic heterocycles. The quantitative estimate of drug-likeness (QED) is 0.472. The summed E-state index contributed by atoms with van der Waals surface area (Å²) in [5, 5.41) is 17.5. The summed E-state index contributed by atoms with van der Waals surface area (Å²) in [6.45, 7) is 6.15. The average Bonchev–Trinajstić information content (AvgIpc) is 2.54. The number of benzene rings is 2. The average molecular weight is 359 g/mol. The molecule has 7 heteroatoms. The minimum atomic E-state index is -0.467. The number of aryl methyl sites for hydroxylation is 2. The van der Waals surface area contributed by atoms with E-state index in [2.05, 4.69) is 42.7 Å². The molecule has 0 aliphatic heterocycles. The normalized spacial score (nSPS) is 11.5. The highest BCUT2D eigenvalue weighted by atomic mass is 32.1. The summed E-state index contributed by atoms with van der Waals surface area (Å²) in [6.07, 6.45) is 0. The molecule has 2 rings (SSSR count). The Morgan fingerprint density at radius 1 is 1.24 bits per heavy atom. The van der Waals surface area contributed by atoms with Gasteiger partial charge in [0.1, 0.15) is 5.75 Å². The van der Waals surface area contributed by atoms with E-state index in [0.717, 1.165) is 5.56 Å². The van der Waals surface area contributed by atoms with Gasteiger partial charge in [0.2, 0.25) is 0 Å². The molecule has 0 heterocycles. The number of nitro groups is 1. The maximum absolute atomic E-state index is 10.9. The third-order valence-corrected chi connectivity index (χ3v) is 4.10. The van der Waals surface area contributed by atoms with Crippen LogP contribution in [0.2, 0.25) is 0 Å². The molecule has 1 atom stereocenters. The largest absolute Gasteiger partial charge is 0.494 e. The summed E-state index contributed by atoms with van der Waals surface area (Å²) in [7, 11) is 1.46. The molecular formula is C18H21N3O3S. The van der Waals surface area contributed by atoms with Crippen LogP contribution in [0.5, 0.6) is 5.75 Å². The van der Waals surface area contributed by atoms with Crippen LogP contribution in [0.15, 0.2) is 36.4 Å². The number of anilines is 1. The molecule has 1 unspecified atom stereocenters. The summed E-state index contributed by atoms with van der Waals surface area (Å²) in [6, 6.07) is 10.6. The second-order valence-electron chi connectivity index (χ2n) is 5.82. The number of non-ortho nitro benzene ring substituents is 1. The number of rotatable bonds is 5. The van der Waals surface area contributed by atoms with Gasteiger partial charge in [-0.1, -0.05) is 23.8 Å². The number of ether oxygens (including phenoxy) is 1. The molecule has 0 saturated carbocycles. The number of nitrogens with one attached hydrogen (secondary N) is 2. The van der Waals surface area contributed by atoms with Gasteiger partial charge in [0.25, 0.3) is 5.69 Å². The van der Waals surface area contributed by atoms with Crippen molar-refractivity contribution in [2.24, 2.45) is 0 Å². The molecule has 132 valence electrons. The molecule has 0 aliphatic rings. The van der Waals surface area contributed by atoms with E-state index >= 15 is 0 Å². The lowest BCUT2D eigenvalue weighted by atomic mass is 10.0. The second kappa shape index (κ2) is 7.94. The van der Waals surface area contributed by atoms with Crippen LogP contribution >= 0.6 is 12.2 Å². The van der Waals surface area contributed by atoms with Gasteiger partial charge >= 0.3 is 0 Å². The SMILES string of the molecule is COc1cc([N+](=O)[O-])ccc1NC(=S)NC(C)c1ccc(C)cc1C. The maximum Gasteiger partial charge on any atom is 0.273 e. The number of nitro benzene ring substituents is 1. The predicted octanol–water partition coefficient (Wildman–Crippen LogP) is 4.27. The monoisotopic (exact) mass is 359 g/mol. The van der Waals surface area contributed by atoms with Crippen molar-refractivity contribution in [3.05, 3.63) is 63.2 Å². The van der Waals surface area contributed by atoms with Crippen LogP contribution in [0.1, 0.15) is 29.7 Å². The first-order valence-corrected chi connectivity index (χ1v) is 8.19. The van der Waals surface area contributed by atoms with Crippen molar-refractivity contribution in [2.45, 2.75) is 26.8 Å². The molecule has 0 bridgehead atoms. The van der Waals surface area contributed by atoms with Gasteiger partial charge in [-0.25, -0.2) is 0 Å². The lowest BCUT2D eigenvalue weighted by Crippen LogP contribution is -2.31. The first kappa shape index (κ1) is 18.7. The van der Waals surface area contributed by atoms with Crippen molar-refractivity contribution in [1.82, 2.24) is 5.32 Å². The third kappa shape index (κ3) is 4.67. The number of methoxy groups -OCH3 is 1. The zero-order valence-corrected chi connectivity index (χ0v) is 15.4. The third-order valence-electron chi connectivity index (χ3n) is 3.88. The van der Waals surface area contributed by atoms with Crippen LogP contribution in [-0.2, 0) is 0 Å². The molecule has 0 spiro atoms. The Hall–Kier alpha value is -2.67. The zero-order valence-electron chi connectivity index (χ0n) is 14.6. The zero-order chi connectivity index (χ0) is 18.6. The Morgan fingerprint density at radius 3 is 2.56 bits per heavy atom. The van der Waals surface area contributed by atoms with Gasteiger partial charge in [0.15, 0.2) is 5.11 Å². The van der Waals surface area contributed by atoms with Gasteiger partial charge in [-0.15, -0.1) is 0 Å². The molecule has 2 aromatic rings. The molecule has 0 radical (unpaired) electrons. The van der Waals surface area contributed by atoms with Crippen molar-refractivity contribution >= 4 is 28.7 Å². The highest BCUT2D eigenvalue weighted by Gasteiger charge is 2.14. The van der Waals surface area contributed by atoms with Crippen LogP contribution in [0, 0.1) is 24.0 Å². The Bertz CT molecular complexity index is 808. The van der Waals surface area contributed by atoms with E-state index in [1.54, 1.807) is 6.07 Å². The molecular weight excluding hydrogens is 338 g/mol. The highest BCUT2D eigenvalue weighted by molar-refractivity contribution is 7.80. The van der Waals surface area contributed by atoms with Crippen molar-refractivity contribution in [3.63, 3.8) is 0 Å². The van der Waals surface area contributed by atoms with E-state index < -0.39 is 4.92 Å². The molecule has 2 aromatic carbocycles. The van der Waals surface area contributed by atoms with E-state index in [-0.39, 0.29) is 11.7 Å². The Kier molecular flexibility index (Phi) is 5.93. The molecule has 6 nitrogen and oxygen atoms in total. The van der Waals surface area contributed by atoms with Gasteiger partial charge in [-0.3, -0.25) is 10.1 Å². The van der Waals surface area contributed by atoms with Crippen molar-refractivity contribution in [1.29, 1.82) is 0 Å². The fraction of sp³-hybridized carbons (Fsp3) is 0.278. The fourth-order valence-electron chi connectivity index (χ4n) is 2.64. The van der Waals surface area contributed by atoms with Gasteiger partial charge in [-0.05, 0) is 50.2 Å². The van der Waals surface area contributed by atoms with Crippen molar-refractivity contribution < 1.29 is 9.66 Å². The molecule has 0 fully saturated rings. The van der Waals surface area contributed by atoms with Crippen LogP contribution in [-0.4, -0.2) is 17.1 Å². The molecule has 0 amide bonds. The van der Waals surface area contributed by atoms with Crippen molar-refractivity contribution in [3.8, 4) is 5.75 Å². The number of nitrogens with zero attached hydrogens (tertiary/aromatic N) is 1. The lowest BCUT2D eigenvalue weighted by molar-refractivity contribution is -0.384. The molecule has 2 N–H and O–H groups in total. The van der Waals surface area contributed by atoms with Crippen LogP contribution < -0.4 is 15.4 Å². The Balaban J connectivity index is 2.10. The summed E-state index contributed by atoms with van der Waals surface area (Å²) in [5.41, 5.74) is 4.09. The topological polar surface area (TPSA) is 76.4 Å². The first-order chi connectivity index (χ1) is 11.8. The second-order valence-corrected chi connectivity index (χ2v) is 6.23. The van der Waals surface area contributed by atoms with Crippen LogP contribution in [0.3, 0.4) is 0 Å². The van der Waals surface area contributed by atoms with Crippen LogP contribution in [0.4, 0.5) is 11.4 Å². The Labute approximate surface area is 152 Å². The highest BCUT2D eigenvalue weighted by Crippen LogP contribution is 2.29. The summed E-state index contributed by atoms with van der Waals surface area (Å²) in [4.78, 5) is 10.4. The van der Waals surface area contributed by atoms with Gasteiger partial charge in [0, 0.05) is 6.07 Å². The number of thiocarbonyl (C=S) groups is 1. The predicted molar refractivity (Wildman–Crippen MR) is 103 cm³/mol. The molecule has 0 saturated heterocycles. The van der Waals surface area contributed by atoms with Crippen molar-refractivity contribution in [2.75, 3.05) is 12.4 Å². The van der Waals surface area contributed by atoms with Gasteiger partial charge in [-0.2, -0.15) is 0 Å². The van der Waals surface area contributed by atoms with E-state index in [9.17, 15) is 10.1 Å². The summed E-state index contributed by atoms with van der Waals surface area (Å²) in [5.74, 6) is 0.359. The number of hydrogen-bond acceptors (Lipinski definition) is 4. The smallest absolute Gasteiger partial charge is 0.273 e. The maximum atomic E-state index is 10.9. The standard InChI is InChI=1S/C18H21N3O3S/c1-11-5-7-15(12(2)9-11)13(3)19-18(25)20-16-8-6-14(21(22)23)10-17(16)24-4/h5-10,13H,1-4H3,(H2,19,20,25). The first-order valence-electron chi connectivity index (χ1n) is 7.79. The van der Waals surface area contributed by atoms with E-state index in [0.29, 0.717) is 16.5 Å². The summed E-state index contributed by atoms with van der Waals surface area (Å²) >= 11 is 5.36. The van der Waals surface area contributed by atoms with Crippen LogP contribution in [0.25, 0.3) is 0 Å². The minimum Gasteiger partial charge on any atom is -0.494 e. The molecule has 25 heavy (non-hydrogen) atoms. The number of hydrogen-bond donors (Lipinski definition) is 2.